The van der Waals surface area contributed by atoms with E-state index in [0.717, 1.165) is 11.3 Å². The molecule has 0 saturated carbocycles. The van der Waals surface area contributed by atoms with Gasteiger partial charge < -0.3 is 5.11 Å². The molecule has 1 aliphatic carbocycles. The molecule has 3 nitrogen and oxygen atoms in total. The highest BCUT2D eigenvalue weighted by Gasteiger charge is 2.16. The van der Waals surface area contributed by atoms with E-state index in [-0.39, 0.29) is 12.4 Å². The summed E-state index contributed by atoms with van der Waals surface area (Å²) in [6, 6.07) is 0. The van der Waals surface area contributed by atoms with Gasteiger partial charge in [0.2, 0.25) is 0 Å². The van der Waals surface area contributed by atoms with E-state index in [1.165, 1.54) is 6.20 Å². The minimum Gasteiger partial charge on any atom is -0.478 e. The SMILES string of the molecule is Cl.O=C(O)C1=CN=C2C=CC=CC=C2C1. The second-order valence-corrected chi connectivity index (χ2v) is 3.09. The van der Waals surface area contributed by atoms with E-state index in [4.69, 9.17) is 5.11 Å². The number of halogens is 1. The average Bonchev–Trinajstić information content (AvgIpc) is 2.41. The van der Waals surface area contributed by atoms with E-state index < -0.39 is 5.97 Å². The Labute approximate surface area is 93.6 Å². The lowest BCUT2D eigenvalue weighted by atomic mass is 9.99. The first-order chi connectivity index (χ1) is 6.77. The number of hydrogen-bond donors (Lipinski definition) is 1. The summed E-state index contributed by atoms with van der Waals surface area (Å²) in [5.74, 6) is -0.897. The number of carboxylic acid groups (broad SMARTS) is 1. The Morgan fingerprint density at radius 2 is 2.13 bits per heavy atom. The van der Waals surface area contributed by atoms with Gasteiger partial charge >= 0.3 is 5.97 Å². The minimum atomic E-state index is -0.897. The number of carboxylic acids is 1. The molecule has 0 atom stereocenters. The molecule has 0 amide bonds. The van der Waals surface area contributed by atoms with Gasteiger partial charge in [-0.15, -0.1) is 12.4 Å². The topological polar surface area (TPSA) is 49.7 Å². The van der Waals surface area contributed by atoms with E-state index in [9.17, 15) is 4.79 Å². The van der Waals surface area contributed by atoms with Crippen molar-refractivity contribution < 1.29 is 9.90 Å². The Hall–Kier alpha value is -1.61. The number of allylic oxidation sites excluding steroid dienone is 6. The van der Waals surface area contributed by atoms with E-state index in [0.29, 0.717) is 12.0 Å². The number of nitrogens with zero attached hydrogens (tertiary/aromatic N) is 1. The van der Waals surface area contributed by atoms with Gasteiger partial charge in [0, 0.05) is 12.6 Å². The minimum absolute atomic E-state index is 0. The summed E-state index contributed by atoms with van der Waals surface area (Å²) >= 11 is 0. The second kappa shape index (κ2) is 4.75. The van der Waals surface area contributed by atoms with Gasteiger partial charge in [-0.3, -0.25) is 4.99 Å². The van der Waals surface area contributed by atoms with Crippen LogP contribution in [0.2, 0.25) is 0 Å². The van der Waals surface area contributed by atoms with Gasteiger partial charge in [-0.05, 0) is 11.6 Å². The Bertz CT molecular complexity index is 428. The second-order valence-electron chi connectivity index (χ2n) is 3.09. The highest BCUT2D eigenvalue weighted by Crippen LogP contribution is 2.20. The maximum Gasteiger partial charge on any atom is 0.333 e. The Kier molecular flexibility index (Phi) is 3.63. The zero-order chi connectivity index (χ0) is 9.97. The van der Waals surface area contributed by atoms with Crippen LogP contribution in [0.25, 0.3) is 0 Å². The zero-order valence-corrected chi connectivity index (χ0v) is 8.70. The Balaban J connectivity index is 0.00000112. The molecule has 0 saturated heterocycles. The maximum atomic E-state index is 10.7. The average molecular weight is 224 g/mol. The Morgan fingerprint density at radius 3 is 2.87 bits per heavy atom. The molecule has 0 aromatic rings. The van der Waals surface area contributed by atoms with Gasteiger partial charge in [-0.2, -0.15) is 0 Å². The molecule has 0 unspecified atom stereocenters. The molecule has 0 fully saturated rings. The molecule has 78 valence electrons. The van der Waals surface area contributed by atoms with Crippen molar-refractivity contribution in [1.29, 1.82) is 0 Å². The molecule has 0 radical (unpaired) electrons. The molecule has 1 heterocycles. The standard InChI is InChI=1S/C11H9NO2.ClH/c13-11(14)9-6-8-4-2-1-3-5-10(8)12-7-9;/h1-5,7H,6H2,(H,13,14);1H. The van der Waals surface area contributed by atoms with E-state index in [1.54, 1.807) is 0 Å². The van der Waals surface area contributed by atoms with Crippen LogP contribution in [0.5, 0.6) is 0 Å². The van der Waals surface area contributed by atoms with Crippen molar-refractivity contribution in [2.75, 3.05) is 0 Å². The largest absolute Gasteiger partial charge is 0.478 e. The van der Waals surface area contributed by atoms with E-state index in [1.807, 2.05) is 30.4 Å². The third-order valence-electron chi connectivity index (χ3n) is 2.12. The van der Waals surface area contributed by atoms with Crippen molar-refractivity contribution in [3.63, 3.8) is 0 Å². The van der Waals surface area contributed by atoms with Gasteiger partial charge in [-0.1, -0.05) is 24.3 Å². The number of aliphatic imine (C=N–C) groups is 1. The van der Waals surface area contributed by atoms with Crippen LogP contribution in [-0.2, 0) is 4.79 Å². The van der Waals surface area contributed by atoms with Gasteiger partial charge in [0.15, 0.2) is 0 Å². The maximum absolute atomic E-state index is 10.7. The summed E-state index contributed by atoms with van der Waals surface area (Å²) in [5.41, 5.74) is 2.14. The van der Waals surface area contributed by atoms with Gasteiger partial charge in [0.05, 0.1) is 11.3 Å². The summed E-state index contributed by atoms with van der Waals surface area (Å²) in [6.45, 7) is 0. The molecule has 2 aliphatic rings. The third-order valence-corrected chi connectivity index (χ3v) is 2.12. The zero-order valence-electron chi connectivity index (χ0n) is 7.88. The van der Waals surface area contributed by atoms with Crippen LogP contribution >= 0.6 is 12.4 Å². The quantitative estimate of drug-likeness (QED) is 0.742. The van der Waals surface area contributed by atoms with Crippen molar-refractivity contribution in [3.8, 4) is 0 Å². The number of rotatable bonds is 1. The molecule has 2 rings (SSSR count). The summed E-state index contributed by atoms with van der Waals surface area (Å²) in [5, 5.41) is 8.80. The van der Waals surface area contributed by atoms with Crippen molar-refractivity contribution in [2.45, 2.75) is 6.42 Å². The van der Waals surface area contributed by atoms with Gasteiger partial charge in [0.25, 0.3) is 0 Å². The predicted molar refractivity (Wildman–Crippen MR) is 61.4 cm³/mol. The number of fused-ring (bicyclic) bond motifs is 1. The predicted octanol–water partition coefficient (Wildman–Crippen LogP) is 2.27. The molecule has 0 aromatic carbocycles. The molecular weight excluding hydrogens is 214 g/mol. The smallest absolute Gasteiger partial charge is 0.333 e. The van der Waals surface area contributed by atoms with Gasteiger partial charge in [-0.25, -0.2) is 4.79 Å². The lowest BCUT2D eigenvalue weighted by molar-refractivity contribution is -0.132. The van der Waals surface area contributed by atoms with Crippen LogP contribution < -0.4 is 0 Å². The molecule has 0 bridgehead atoms. The first-order valence-electron chi connectivity index (χ1n) is 4.32. The Morgan fingerprint density at radius 1 is 1.33 bits per heavy atom. The van der Waals surface area contributed by atoms with Crippen LogP contribution in [0.4, 0.5) is 0 Å². The van der Waals surface area contributed by atoms with Crippen molar-refractivity contribution >= 4 is 24.1 Å². The summed E-state index contributed by atoms with van der Waals surface area (Å²) in [4.78, 5) is 14.8. The third kappa shape index (κ3) is 2.44. The molecule has 1 N–H and O–H groups in total. The van der Waals surface area contributed by atoms with Crippen LogP contribution in [0.1, 0.15) is 6.42 Å². The summed E-state index contributed by atoms with van der Waals surface area (Å²) < 4.78 is 0. The highest BCUT2D eigenvalue weighted by atomic mass is 35.5. The molecule has 0 spiro atoms. The van der Waals surface area contributed by atoms with Crippen molar-refractivity contribution in [3.05, 3.63) is 47.7 Å². The van der Waals surface area contributed by atoms with E-state index in [2.05, 4.69) is 4.99 Å². The molecule has 15 heavy (non-hydrogen) atoms. The summed E-state index contributed by atoms with van der Waals surface area (Å²) in [6.07, 6.45) is 11.3. The first-order valence-corrected chi connectivity index (χ1v) is 4.32. The fraction of sp³-hybridized carbons (Fsp3) is 0.0909. The summed E-state index contributed by atoms with van der Waals surface area (Å²) in [7, 11) is 0. The van der Waals surface area contributed by atoms with Crippen LogP contribution in [-0.4, -0.2) is 16.8 Å². The molecular formula is C11H10ClNO2. The lowest BCUT2D eigenvalue weighted by Gasteiger charge is -2.11. The number of hydrogen-bond acceptors (Lipinski definition) is 2. The highest BCUT2D eigenvalue weighted by molar-refractivity contribution is 6.11. The number of aliphatic carboxylic acids is 1. The van der Waals surface area contributed by atoms with Crippen LogP contribution in [0.3, 0.4) is 0 Å². The lowest BCUT2D eigenvalue weighted by Crippen LogP contribution is -2.10. The fourth-order valence-corrected chi connectivity index (χ4v) is 1.38. The van der Waals surface area contributed by atoms with Crippen molar-refractivity contribution in [1.82, 2.24) is 0 Å². The van der Waals surface area contributed by atoms with E-state index >= 15 is 0 Å². The molecule has 0 aromatic heterocycles. The monoisotopic (exact) mass is 223 g/mol. The van der Waals surface area contributed by atoms with Gasteiger partial charge in [0.1, 0.15) is 0 Å². The van der Waals surface area contributed by atoms with Crippen molar-refractivity contribution in [2.24, 2.45) is 4.99 Å². The molecule has 4 heteroatoms. The van der Waals surface area contributed by atoms with Crippen LogP contribution in [0.15, 0.2) is 52.7 Å². The van der Waals surface area contributed by atoms with Crippen LogP contribution in [0, 0.1) is 0 Å². The fourth-order valence-electron chi connectivity index (χ4n) is 1.38. The normalized spacial score (nSPS) is 17.7. The first kappa shape index (κ1) is 11.5. The number of carbonyl (C=O) groups is 1. The molecule has 1 aliphatic heterocycles.